The molecule has 3 atom stereocenters. The Kier molecular flexibility index (Phi) is 12.3. The van der Waals surface area contributed by atoms with Gasteiger partial charge in [-0.3, -0.25) is 24.0 Å². The monoisotopic (exact) mass is 832 g/mol. The Bertz CT molecular complexity index is 2070. The van der Waals surface area contributed by atoms with E-state index >= 15 is 0 Å². The van der Waals surface area contributed by atoms with Gasteiger partial charge in [-0.05, 0) is 76.1 Å². The number of amides is 4. The van der Waals surface area contributed by atoms with Crippen LogP contribution >= 0.6 is 0 Å². The highest BCUT2D eigenvalue weighted by molar-refractivity contribution is 7.91. The fraction of sp³-hybridized carbons (Fsp3) is 0.649. The lowest BCUT2D eigenvalue weighted by Gasteiger charge is -2.37. The molecule has 0 spiro atoms. The van der Waals surface area contributed by atoms with Crippen LogP contribution in [-0.4, -0.2) is 113 Å². The third-order valence-corrected chi connectivity index (χ3v) is 15.1. The van der Waals surface area contributed by atoms with Crippen LogP contribution in [0.1, 0.15) is 113 Å². The fourth-order valence-electron chi connectivity index (χ4n) is 8.30. The first kappa shape index (κ1) is 42.3. The Hall–Kier alpha value is -4.27. The van der Waals surface area contributed by atoms with Gasteiger partial charge < -0.3 is 26.4 Å². The number of benzene rings is 1. The number of hydrogen-bond donors (Lipinski definition) is 5. The first-order valence-corrected chi connectivity index (χ1v) is 22.8. The van der Waals surface area contributed by atoms with E-state index in [4.69, 9.17) is 5.73 Å². The molecule has 0 bridgehead atoms. The summed E-state index contributed by atoms with van der Waals surface area (Å²) < 4.78 is 54.6. The second-order valence-electron chi connectivity index (χ2n) is 16.5. The number of ketones is 1. The number of aromatic nitrogens is 3. The van der Waals surface area contributed by atoms with Crippen molar-refractivity contribution in [2.75, 3.05) is 18.1 Å². The van der Waals surface area contributed by atoms with Crippen molar-refractivity contribution in [1.29, 1.82) is 0 Å². The van der Waals surface area contributed by atoms with Crippen LogP contribution < -0.4 is 21.1 Å². The molecule has 3 heterocycles. The van der Waals surface area contributed by atoms with Crippen LogP contribution in [0.15, 0.2) is 35.4 Å². The van der Waals surface area contributed by atoms with Gasteiger partial charge in [0, 0.05) is 24.6 Å². The van der Waals surface area contributed by atoms with Crippen molar-refractivity contribution in [3.05, 3.63) is 41.7 Å². The molecule has 4 amide bonds. The van der Waals surface area contributed by atoms with Crippen LogP contribution in [0.5, 0.6) is 0 Å². The van der Waals surface area contributed by atoms with E-state index in [-0.39, 0.29) is 41.8 Å². The van der Waals surface area contributed by atoms with E-state index in [0.717, 1.165) is 51.4 Å². The molecule has 4 fully saturated rings. The van der Waals surface area contributed by atoms with E-state index in [0.29, 0.717) is 5.69 Å². The number of carbonyl (C=O) groups excluding carboxylic acids is 5. The molecule has 2 saturated heterocycles. The van der Waals surface area contributed by atoms with Crippen molar-refractivity contribution in [1.82, 2.24) is 35.2 Å². The van der Waals surface area contributed by atoms with Crippen LogP contribution in [0.25, 0.3) is 0 Å². The van der Waals surface area contributed by atoms with Gasteiger partial charge >= 0.3 is 0 Å². The molecule has 20 heteroatoms. The zero-order chi connectivity index (χ0) is 41.3. The number of nitrogens with two attached hydrogens (primary N) is 1. The molecular formula is C37H52N8O10S2. The zero-order valence-electron chi connectivity index (χ0n) is 32.2. The fourth-order valence-corrected chi connectivity index (χ4v) is 11.1. The van der Waals surface area contributed by atoms with E-state index in [1.165, 1.54) is 53.9 Å². The standard InChI is InChI=1S/C37H52N8O10S2/c1-36(2,51)30-21-39-43-45(30)26-20-29(34(49)41-37(31(46)32(38)47)15-17-56(52,53)18-16-37)44(22-26)35(50)28(19-23-7-4-3-5-8-23)40-33(48)24-11-13-27(14-12-24)57(54,55)42-25-9-6-10-25/h11-14,21,23,25-26,28-29,42,51H,3-10,15-20,22H2,1-2H3,(H2,38,47)(H,40,48)(H,41,49)/t26-,28?,29-/m0/s1. The van der Waals surface area contributed by atoms with Crippen molar-refractivity contribution >= 4 is 49.3 Å². The number of rotatable bonds is 14. The van der Waals surface area contributed by atoms with E-state index in [1.807, 2.05) is 0 Å². The average molecular weight is 833 g/mol. The van der Waals surface area contributed by atoms with Gasteiger partial charge in [0.25, 0.3) is 11.8 Å². The minimum Gasteiger partial charge on any atom is -0.384 e. The Balaban J connectivity index is 1.30. The highest BCUT2D eigenvalue weighted by atomic mass is 32.2. The van der Waals surface area contributed by atoms with Gasteiger partial charge in [0.05, 0.1) is 34.3 Å². The molecule has 4 aliphatic rings. The van der Waals surface area contributed by atoms with E-state index in [9.17, 15) is 45.9 Å². The van der Waals surface area contributed by atoms with E-state index < -0.39 is 103 Å². The zero-order valence-corrected chi connectivity index (χ0v) is 33.8. The molecule has 1 aromatic carbocycles. The van der Waals surface area contributed by atoms with Gasteiger partial charge in [-0.2, -0.15) is 0 Å². The Labute approximate surface area is 332 Å². The number of nitrogens with one attached hydrogen (secondary N) is 3. The van der Waals surface area contributed by atoms with E-state index in [2.05, 4.69) is 25.7 Å². The molecule has 2 aromatic rings. The Morgan fingerprint density at radius 3 is 2.23 bits per heavy atom. The molecule has 1 aromatic heterocycles. The van der Waals surface area contributed by atoms with E-state index in [1.54, 1.807) is 0 Å². The largest absolute Gasteiger partial charge is 0.384 e. The normalized spacial score (nSPS) is 23.2. The number of aliphatic hydroxyl groups is 1. The predicted molar refractivity (Wildman–Crippen MR) is 204 cm³/mol. The molecule has 2 saturated carbocycles. The van der Waals surface area contributed by atoms with Crippen LogP contribution in [0, 0.1) is 5.92 Å². The summed E-state index contributed by atoms with van der Waals surface area (Å²) in [4.78, 5) is 69.8. The highest BCUT2D eigenvalue weighted by Crippen LogP contribution is 2.35. The smallest absolute Gasteiger partial charge is 0.287 e. The van der Waals surface area contributed by atoms with Crippen LogP contribution in [-0.2, 0) is 44.6 Å². The second kappa shape index (κ2) is 16.5. The molecule has 312 valence electrons. The van der Waals surface area contributed by atoms with Gasteiger partial charge in [-0.25, -0.2) is 26.2 Å². The third-order valence-electron chi connectivity index (χ3n) is 11.9. The maximum atomic E-state index is 14.8. The number of Topliss-reactive ketones (excluding diaryl/α,β-unsaturated/α-hetero) is 1. The van der Waals surface area contributed by atoms with Gasteiger partial charge in [0.2, 0.25) is 27.6 Å². The molecule has 2 aliphatic heterocycles. The molecule has 57 heavy (non-hydrogen) atoms. The first-order chi connectivity index (χ1) is 26.8. The lowest BCUT2D eigenvalue weighted by molar-refractivity contribution is -0.145. The highest BCUT2D eigenvalue weighted by Gasteiger charge is 2.51. The van der Waals surface area contributed by atoms with Crippen LogP contribution in [0.3, 0.4) is 0 Å². The van der Waals surface area contributed by atoms with Gasteiger partial charge in [0.15, 0.2) is 9.84 Å². The van der Waals surface area contributed by atoms with Crippen LogP contribution in [0.2, 0.25) is 0 Å². The maximum Gasteiger partial charge on any atom is 0.287 e. The quantitative estimate of drug-likeness (QED) is 0.162. The summed E-state index contributed by atoms with van der Waals surface area (Å²) in [5.41, 5.74) is 2.46. The van der Waals surface area contributed by atoms with Gasteiger partial charge in [0.1, 0.15) is 23.2 Å². The van der Waals surface area contributed by atoms with Gasteiger partial charge in [-0.15, -0.1) is 5.10 Å². The minimum atomic E-state index is -3.80. The number of likely N-dealkylation sites (tertiary alicyclic amines) is 1. The van der Waals surface area contributed by atoms with Crippen molar-refractivity contribution in [2.45, 2.75) is 131 Å². The van der Waals surface area contributed by atoms with Crippen molar-refractivity contribution < 1.29 is 45.9 Å². The molecular weight excluding hydrogens is 781 g/mol. The number of carbonyl (C=O) groups is 5. The summed E-state index contributed by atoms with van der Waals surface area (Å²) in [6.07, 6.45) is 7.79. The lowest BCUT2D eigenvalue weighted by atomic mass is 9.84. The molecule has 1 unspecified atom stereocenters. The number of sulfone groups is 1. The topological polar surface area (TPSA) is 270 Å². The molecule has 0 radical (unpaired) electrons. The summed E-state index contributed by atoms with van der Waals surface area (Å²) >= 11 is 0. The predicted octanol–water partition coefficient (Wildman–Crippen LogP) is 0.365. The van der Waals surface area contributed by atoms with Crippen molar-refractivity contribution in [3.63, 3.8) is 0 Å². The van der Waals surface area contributed by atoms with Crippen molar-refractivity contribution in [3.8, 4) is 0 Å². The summed E-state index contributed by atoms with van der Waals surface area (Å²) in [5, 5.41) is 24.5. The molecule has 6 N–H and O–H groups in total. The third kappa shape index (κ3) is 9.55. The first-order valence-electron chi connectivity index (χ1n) is 19.5. The number of hydrogen-bond acceptors (Lipinski definition) is 12. The summed E-state index contributed by atoms with van der Waals surface area (Å²) in [7, 11) is -7.35. The lowest BCUT2D eigenvalue weighted by Crippen LogP contribution is -2.64. The maximum absolute atomic E-state index is 14.8. The Morgan fingerprint density at radius 1 is 1.00 bits per heavy atom. The number of nitrogens with zero attached hydrogens (tertiary/aromatic N) is 4. The van der Waals surface area contributed by atoms with Crippen LogP contribution in [0.4, 0.5) is 0 Å². The second-order valence-corrected chi connectivity index (χ2v) is 20.5. The summed E-state index contributed by atoms with van der Waals surface area (Å²) in [5.74, 6) is -5.45. The number of sulfonamides is 1. The number of primary amides is 1. The SMILES string of the molecule is CC(C)(O)c1cnnn1[C@H]1C[C@@H](C(=O)NC2(C(=O)C(N)=O)CCS(=O)(=O)CC2)N(C(=O)C(CC2CCCCC2)NC(=O)c2ccc(S(=O)(=O)NC3CCC3)cc2)C1. The van der Waals surface area contributed by atoms with Gasteiger partial charge in [-0.1, -0.05) is 43.7 Å². The Morgan fingerprint density at radius 2 is 1.65 bits per heavy atom. The molecule has 2 aliphatic carbocycles. The van der Waals surface area contributed by atoms with Crippen molar-refractivity contribution in [2.24, 2.45) is 11.7 Å². The molecule has 18 nitrogen and oxygen atoms in total. The average Bonchev–Trinajstić information content (AvgIpc) is 3.83. The summed E-state index contributed by atoms with van der Waals surface area (Å²) in [6, 6.07) is 2.14. The molecule has 6 rings (SSSR count). The minimum absolute atomic E-state index is 0.000522. The summed E-state index contributed by atoms with van der Waals surface area (Å²) in [6.45, 7) is 2.94.